The molecular formula is C36H53FN2O7Si. The number of likely N-dealkylation sites (N-methyl/N-ethyl adjacent to an activating group) is 1. The monoisotopic (exact) mass is 672 g/mol. The number of aliphatic hydroxyl groups is 1. The van der Waals surface area contributed by atoms with Crippen LogP contribution in [0.2, 0.25) is 18.1 Å². The predicted molar refractivity (Wildman–Crippen MR) is 181 cm³/mol. The van der Waals surface area contributed by atoms with E-state index in [1.54, 1.807) is 6.92 Å². The molecule has 1 saturated carbocycles. The molecular weight excluding hydrogens is 619 g/mol. The lowest BCUT2D eigenvalue weighted by molar-refractivity contribution is -0.170. The van der Waals surface area contributed by atoms with Crippen LogP contribution in [0.1, 0.15) is 88.2 Å². The van der Waals surface area contributed by atoms with Gasteiger partial charge in [-0.25, -0.2) is 4.39 Å². The van der Waals surface area contributed by atoms with Crippen LogP contribution in [0.4, 0.5) is 4.39 Å². The Bertz CT molecular complexity index is 1480. The van der Waals surface area contributed by atoms with Crippen molar-refractivity contribution in [1.29, 1.82) is 0 Å². The minimum atomic E-state index is -2.81. The number of carbonyl (C=O) groups excluding carboxylic acids is 2. The molecule has 1 aromatic carbocycles. The standard InChI is InChI=1S/C36H53FN2O7Si/c1-11-13-15-43-30-20(3)17-24(37)22-18-21-19-23-28(39(7)8)31-27(34(38-45-31)44-16-14-12-2)33(42)36(23,46-47(9,10)35(4,5)6)32(41)25(21)29(40)26(22)30/h17,21,23,27-28,31,41H,11-16,18-19H2,1-10H3/t21-,23-,27?,28-,31?,36-/m0/s1. The molecule has 260 valence electrons. The maximum absolute atomic E-state index is 15.7. The number of ether oxygens (including phenoxy) is 2. The number of benzene rings is 1. The SMILES string of the molecule is CCCCOC1=NOC2C1C(=O)[C@@]1(O[Si](C)(C)C(C)(C)C)C(O)=C3C(=O)c4c(c(F)cc(C)c4OCCCC)C[C@H]3C[C@H]1[C@@H]2N(C)C. The molecule has 1 heterocycles. The summed E-state index contributed by atoms with van der Waals surface area (Å²) >= 11 is 0. The molecule has 1 fully saturated rings. The topological polar surface area (TPSA) is 107 Å². The Morgan fingerprint density at radius 3 is 2.36 bits per heavy atom. The molecule has 0 aromatic heterocycles. The molecule has 0 radical (unpaired) electrons. The first kappa shape index (κ1) is 35.5. The van der Waals surface area contributed by atoms with Gasteiger partial charge >= 0.3 is 0 Å². The van der Waals surface area contributed by atoms with E-state index in [4.69, 9.17) is 18.7 Å². The summed E-state index contributed by atoms with van der Waals surface area (Å²) in [6.07, 6.45) is 3.18. The number of hydrogen-bond acceptors (Lipinski definition) is 9. The van der Waals surface area contributed by atoms with Crippen LogP contribution in [-0.2, 0) is 25.2 Å². The fraction of sp³-hybridized carbons (Fsp3) is 0.694. The van der Waals surface area contributed by atoms with Gasteiger partial charge in [0.05, 0.1) is 24.8 Å². The normalized spacial score (nSPS) is 28.8. The molecule has 11 heteroatoms. The molecule has 5 rings (SSSR count). The van der Waals surface area contributed by atoms with Gasteiger partial charge in [-0.3, -0.25) is 9.59 Å². The summed E-state index contributed by atoms with van der Waals surface area (Å²) in [4.78, 5) is 37.9. The average Bonchev–Trinajstić information content (AvgIpc) is 3.39. The lowest BCUT2D eigenvalue weighted by Gasteiger charge is -2.57. The van der Waals surface area contributed by atoms with Crippen molar-refractivity contribution in [1.82, 2.24) is 4.90 Å². The fourth-order valence-corrected chi connectivity index (χ4v) is 9.07. The van der Waals surface area contributed by atoms with Gasteiger partial charge in [-0.1, -0.05) is 52.6 Å². The third kappa shape index (κ3) is 5.73. The zero-order valence-electron chi connectivity index (χ0n) is 29.8. The highest BCUT2D eigenvalue weighted by Crippen LogP contribution is 2.57. The maximum atomic E-state index is 15.7. The Morgan fingerprint density at radius 2 is 1.77 bits per heavy atom. The van der Waals surface area contributed by atoms with Gasteiger partial charge in [0.2, 0.25) is 5.90 Å². The number of halogens is 1. The number of aliphatic hydroxyl groups excluding tert-OH is 1. The number of hydrogen-bond donors (Lipinski definition) is 1. The van der Waals surface area contributed by atoms with Crippen molar-refractivity contribution in [3.63, 3.8) is 0 Å². The van der Waals surface area contributed by atoms with Crippen molar-refractivity contribution in [3.05, 3.63) is 39.9 Å². The van der Waals surface area contributed by atoms with Gasteiger partial charge in [0.1, 0.15) is 23.2 Å². The molecule has 0 spiro atoms. The predicted octanol–water partition coefficient (Wildman–Crippen LogP) is 6.92. The summed E-state index contributed by atoms with van der Waals surface area (Å²) in [5.74, 6) is -3.30. The number of allylic oxidation sites excluding steroid dienone is 1. The number of unbranched alkanes of at least 4 members (excludes halogenated alkanes) is 2. The molecule has 47 heavy (non-hydrogen) atoms. The fourth-order valence-electron chi connectivity index (χ4n) is 7.61. The highest BCUT2D eigenvalue weighted by Gasteiger charge is 2.71. The summed E-state index contributed by atoms with van der Waals surface area (Å²) in [6.45, 7) is 16.9. The third-order valence-electron chi connectivity index (χ3n) is 11.1. The number of rotatable bonds is 10. The lowest BCUT2D eigenvalue weighted by atomic mass is 9.56. The second-order valence-corrected chi connectivity index (χ2v) is 20.2. The number of nitrogens with zero attached hydrogens (tertiary/aromatic N) is 2. The van der Waals surface area contributed by atoms with Crippen LogP contribution in [0, 0.1) is 30.5 Å². The van der Waals surface area contributed by atoms with Crippen molar-refractivity contribution in [2.24, 2.45) is 22.9 Å². The Kier molecular flexibility index (Phi) is 9.78. The Morgan fingerprint density at radius 1 is 1.13 bits per heavy atom. The molecule has 4 aliphatic rings. The van der Waals surface area contributed by atoms with E-state index in [2.05, 4.69) is 32.9 Å². The first-order valence-electron chi connectivity index (χ1n) is 17.2. The quantitative estimate of drug-likeness (QED) is 0.211. The highest BCUT2D eigenvalue weighted by atomic mass is 28.4. The van der Waals surface area contributed by atoms with E-state index in [1.165, 1.54) is 6.07 Å². The van der Waals surface area contributed by atoms with E-state index in [-0.39, 0.29) is 34.3 Å². The van der Waals surface area contributed by atoms with E-state index in [9.17, 15) is 9.90 Å². The van der Waals surface area contributed by atoms with Gasteiger partial charge in [0.25, 0.3) is 0 Å². The molecule has 3 aliphatic carbocycles. The second-order valence-electron chi connectivity index (χ2n) is 15.5. The van der Waals surface area contributed by atoms with Crippen molar-refractivity contribution >= 4 is 25.8 Å². The second kappa shape index (κ2) is 12.9. The van der Waals surface area contributed by atoms with Gasteiger partial charge in [0.15, 0.2) is 31.6 Å². The van der Waals surface area contributed by atoms with Crippen LogP contribution in [0.15, 0.2) is 22.6 Å². The summed E-state index contributed by atoms with van der Waals surface area (Å²) in [5, 5.41) is 16.6. The number of aryl methyl sites for hydroxylation is 1. The van der Waals surface area contributed by atoms with Crippen molar-refractivity contribution < 1.29 is 37.8 Å². The zero-order valence-corrected chi connectivity index (χ0v) is 30.8. The molecule has 2 unspecified atom stereocenters. The number of fused-ring (bicyclic) bond motifs is 4. The third-order valence-corrected chi connectivity index (χ3v) is 15.5. The maximum Gasteiger partial charge on any atom is 0.240 e. The summed E-state index contributed by atoms with van der Waals surface area (Å²) in [7, 11) is 1.01. The van der Waals surface area contributed by atoms with Crippen molar-refractivity contribution in [2.45, 2.75) is 116 Å². The van der Waals surface area contributed by atoms with Gasteiger partial charge in [-0.2, -0.15) is 0 Å². The van der Waals surface area contributed by atoms with E-state index >= 15 is 9.18 Å². The molecule has 1 aliphatic heterocycles. The average molecular weight is 673 g/mol. The molecule has 0 bridgehead atoms. The smallest absolute Gasteiger partial charge is 0.240 e. The summed E-state index contributed by atoms with van der Waals surface area (Å²) in [5.41, 5.74) is -0.794. The minimum Gasteiger partial charge on any atom is -0.508 e. The van der Waals surface area contributed by atoms with E-state index < -0.39 is 61.2 Å². The summed E-state index contributed by atoms with van der Waals surface area (Å²) < 4.78 is 35.1. The van der Waals surface area contributed by atoms with E-state index in [0.717, 1.165) is 25.7 Å². The summed E-state index contributed by atoms with van der Waals surface area (Å²) in [6, 6.07) is 0.992. The van der Waals surface area contributed by atoms with E-state index in [0.29, 0.717) is 36.5 Å². The van der Waals surface area contributed by atoms with Crippen LogP contribution in [0.3, 0.4) is 0 Å². The van der Waals surface area contributed by atoms with Gasteiger partial charge in [0, 0.05) is 17.1 Å². The zero-order chi connectivity index (χ0) is 34.6. The van der Waals surface area contributed by atoms with Gasteiger partial charge < -0.3 is 28.7 Å². The molecule has 1 aromatic rings. The molecule has 9 nitrogen and oxygen atoms in total. The van der Waals surface area contributed by atoms with Crippen LogP contribution in [0.25, 0.3) is 0 Å². The van der Waals surface area contributed by atoms with Gasteiger partial charge in [-0.15, -0.1) is 0 Å². The van der Waals surface area contributed by atoms with Crippen molar-refractivity contribution in [2.75, 3.05) is 27.3 Å². The van der Waals surface area contributed by atoms with Crippen molar-refractivity contribution in [3.8, 4) is 5.75 Å². The molecule has 1 N–H and O–H groups in total. The van der Waals surface area contributed by atoms with Crippen LogP contribution >= 0.6 is 0 Å². The van der Waals surface area contributed by atoms with Gasteiger partial charge in [-0.05, 0) is 82.4 Å². The Labute approximate surface area is 280 Å². The molecule has 6 atom stereocenters. The molecule has 0 amide bonds. The first-order chi connectivity index (χ1) is 22.0. The van der Waals surface area contributed by atoms with Crippen LogP contribution in [0.5, 0.6) is 5.75 Å². The first-order valence-corrected chi connectivity index (χ1v) is 20.1. The largest absolute Gasteiger partial charge is 0.508 e. The molecule has 0 saturated heterocycles. The Balaban J connectivity index is 1.74. The minimum absolute atomic E-state index is 0.117. The van der Waals surface area contributed by atoms with E-state index in [1.807, 2.05) is 39.0 Å². The number of ketones is 2. The highest BCUT2D eigenvalue weighted by molar-refractivity contribution is 6.74. The number of oxime groups is 1. The lowest BCUT2D eigenvalue weighted by Crippen LogP contribution is -2.72. The number of Topliss-reactive ketones (excluding diaryl/α,β-unsaturated/α-hetero) is 2. The Hall–Kier alpha value is -2.76. The van der Waals surface area contributed by atoms with Crippen LogP contribution in [-0.4, -0.2) is 80.8 Å². The number of carbonyl (C=O) groups is 2. The van der Waals surface area contributed by atoms with Crippen LogP contribution < -0.4 is 4.74 Å².